The predicted molar refractivity (Wildman–Crippen MR) is 89.0 cm³/mol. The quantitative estimate of drug-likeness (QED) is 0.914. The van der Waals surface area contributed by atoms with Crippen LogP contribution < -0.4 is 10.1 Å². The third kappa shape index (κ3) is 4.62. The third-order valence-corrected chi connectivity index (χ3v) is 3.46. The van der Waals surface area contributed by atoms with E-state index in [4.69, 9.17) is 4.74 Å². The van der Waals surface area contributed by atoms with Gasteiger partial charge < -0.3 is 10.1 Å². The molecule has 0 aliphatic heterocycles. The molecule has 0 bridgehead atoms. The van der Waals surface area contributed by atoms with Crippen molar-refractivity contribution in [2.75, 3.05) is 0 Å². The van der Waals surface area contributed by atoms with Crippen molar-refractivity contribution in [2.24, 2.45) is 0 Å². The lowest BCUT2D eigenvalue weighted by Gasteiger charge is -2.15. The first-order chi connectivity index (χ1) is 10.4. The molecule has 1 unspecified atom stereocenters. The predicted octanol–water partition coefficient (Wildman–Crippen LogP) is 3.70. The Morgan fingerprint density at radius 3 is 2.18 bits per heavy atom. The van der Waals surface area contributed by atoms with E-state index < -0.39 is 6.10 Å². The highest BCUT2D eigenvalue weighted by atomic mass is 16.5. The van der Waals surface area contributed by atoms with Crippen molar-refractivity contribution in [1.82, 2.24) is 5.32 Å². The lowest BCUT2D eigenvalue weighted by molar-refractivity contribution is -0.127. The summed E-state index contributed by atoms with van der Waals surface area (Å²) in [7, 11) is 0. The summed E-state index contributed by atoms with van der Waals surface area (Å²) < 4.78 is 5.73. The summed E-state index contributed by atoms with van der Waals surface area (Å²) in [6.45, 7) is 8.36. The van der Waals surface area contributed by atoms with Crippen molar-refractivity contribution >= 4 is 5.91 Å². The molecular weight excluding hydrogens is 274 g/mol. The number of hydrogen-bond donors (Lipinski definition) is 1. The lowest BCUT2D eigenvalue weighted by atomic mass is 10.1. The van der Waals surface area contributed by atoms with E-state index in [9.17, 15) is 4.79 Å². The van der Waals surface area contributed by atoms with Crippen LogP contribution in [0.4, 0.5) is 0 Å². The van der Waals surface area contributed by atoms with E-state index in [1.807, 2.05) is 57.2 Å². The Morgan fingerprint density at radius 2 is 1.59 bits per heavy atom. The smallest absolute Gasteiger partial charge is 0.261 e. The number of aryl methyl sites for hydroxylation is 3. The Bertz CT molecular complexity index is 627. The molecule has 0 spiro atoms. The average molecular weight is 297 g/mol. The molecule has 116 valence electrons. The van der Waals surface area contributed by atoms with Gasteiger partial charge in [0.2, 0.25) is 0 Å². The van der Waals surface area contributed by atoms with Crippen molar-refractivity contribution < 1.29 is 9.53 Å². The second-order valence-electron chi connectivity index (χ2n) is 5.79. The first kappa shape index (κ1) is 16.1. The average Bonchev–Trinajstić information content (AvgIpc) is 2.45. The van der Waals surface area contributed by atoms with Crippen molar-refractivity contribution in [2.45, 2.75) is 40.3 Å². The highest BCUT2D eigenvalue weighted by Crippen LogP contribution is 2.17. The first-order valence-electron chi connectivity index (χ1n) is 7.52. The van der Waals surface area contributed by atoms with Crippen molar-refractivity contribution in [3.63, 3.8) is 0 Å². The van der Waals surface area contributed by atoms with Crippen LogP contribution in [0.3, 0.4) is 0 Å². The van der Waals surface area contributed by atoms with Crippen LogP contribution in [0.5, 0.6) is 5.75 Å². The number of amides is 1. The van der Waals surface area contributed by atoms with Gasteiger partial charge in [0.05, 0.1) is 0 Å². The normalized spacial score (nSPS) is 11.8. The van der Waals surface area contributed by atoms with Crippen LogP contribution in [-0.2, 0) is 11.3 Å². The summed E-state index contributed by atoms with van der Waals surface area (Å²) in [6, 6.07) is 14.1. The van der Waals surface area contributed by atoms with E-state index in [0.717, 1.165) is 22.4 Å². The molecule has 1 N–H and O–H groups in total. The zero-order valence-electron chi connectivity index (χ0n) is 13.6. The van der Waals surface area contributed by atoms with Crippen LogP contribution >= 0.6 is 0 Å². The summed E-state index contributed by atoms with van der Waals surface area (Å²) in [4.78, 5) is 12.1. The molecule has 1 atom stereocenters. The molecule has 0 radical (unpaired) electrons. The highest BCUT2D eigenvalue weighted by Gasteiger charge is 2.14. The minimum absolute atomic E-state index is 0.111. The maximum absolute atomic E-state index is 12.1. The molecular formula is C19H23NO2. The molecule has 2 aromatic carbocycles. The number of ether oxygens (including phenoxy) is 1. The Balaban J connectivity index is 1.90. The molecule has 1 amide bonds. The topological polar surface area (TPSA) is 38.3 Å². The molecule has 0 heterocycles. The number of carbonyl (C=O) groups is 1. The Kier molecular flexibility index (Phi) is 5.21. The summed E-state index contributed by atoms with van der Waals surface area (Å²) in [5, 5.41) is 2.90. The van der Waals surface area contributed by atoms with Gasteiger partial charge in [-0.2, -0.15) is 0 Å². The fourth-order valence-electron chi connectivity index (χ4n) is 2.30. The fraction of sp³-hybridized carbons (Fsp3) is 0.316. The summed E-state index contributed by atoms with van der Waals surface area (Å²) in [6.07, 6.45) is -0.522. The second kappa shape index (κ2) is 7.12. The van der Waals surface area contributed by atoms with Gasteiger partial charge in [-0.15, -0.1) is 0 Å². The van der Waals surface area contributed by atoms with Gasteiger partial charge in [0, 0.05) is 6.54 Å². The van der Waals surface area contributed by atoms with Crippen LogP contribution in [0, 0.1) is 20.8 Å². The number of carbonyl (C=O) groups excluding carboxylic acids is 1. The molecule has 3 nitrogen and oxygen atoms in total. The van der Waals surface area contributed by atoms with E-state index in [-0.39, 0.29) is 5.91 Å². The Hall–Kier alpha value is -2.29. The molecule has 0 saturated carbocycles. The van der Waals surface area contributed by atoms with E-state index >= 15 is 0 Å². The molecule has 22 heavy (non-hydrogen) atoms. The van der Waals surface area contributed by atoms with Crippen LogP contribution in [0.2, 0.25) is 0 Å². The maximum Gasteiger partial charge on any atom is 0.261 e. The van der Waals surface area contributed by atoms with Crippen LogP contribution in [0.1, 0.15) is 29.2 Å². The standard InChI is InChI=1S/C19H23NO2/c1-13-5-7-17(8-6-13)12-20-19(21)16(4)22-18-10-14(2)9-15(3)11-18/h5-11,16H,12H2,1-4H3,(H,20,21). The summed E-state index contributed by atoms with van der Waals surface area (Å²) in [5.41, 5.74) is 4.55. The van der Waals surface area contributed by atoms with Crippen molar-refractivity contribution in [1.29, 1.82) is 0 Å². The number of hydrogen-bond acceptors (Lipinski definition) is 2. The van der Waals surface area contributed by atoms with Crippen LogP contribution in [-0.4, -0.2) is 12.0 Å². The van der Waals surface area contributed by atoms with Crippen molar-refractivity contribution in [3.8, 4) is 5.75 Å². The molecule has 2 rings (SSSR count). The van der Waals surface area contributed by atoms with E-state index in [0.29, 0.717) is 6.54 Å². The van der Waals surface area contributed by atoms with Gasteiger partial charge in [-0.1, -0.05) is 35.9 Å². The maximum atomic E-state index is 12.1. The largest absolute Gasteiger partial charge is 0.481 e. The third-order valence-electron chi connectivity index (χ3n) is 3.46. The van der Waals surface area contributed by atoms with Crippen LogP contribution in [0.25, 0.3) is 0 Å². The molecule has 0 aromatic heterocycles. The van der Waals surface area contributed by atoms with Gasteiger partial charge in [-0.3, -0.25) is 4.79 Å². The van der Waals surface area contributed by atoms with E-state index in [2.05, 4.69) is 11.4 Å². The number of benzene rings is 2. The zero-order chi connectivity index (χ0) is 16.1. The minimum atomic E-state index is -0.522. The first-order valence-corrected chi connectivity index (χ1v) is 7.52. The zero-order valence-corrected chi connectivity index (χ0v) is 13.6. The van der Waals surface area contributed by atoms with Gasteiger partial charge in [0.1, 0.15) is 5.75 Å². The van der Waals surface area contributed by atoms with Gasteiger partial charge >= 0.3 is 0 Å². The molecule has 2 aromatic rings. The van der Waals surface area contributed by atoms with Crippen molar-refractivity contribution in [3.05, 3.63) is 64.7 Å². The van der Waals surface area contributed by atoms with E-state index in [1.54, 1.807) is 6.92 Å². The molecule has 3 heteroatoms. The summed E-state index contributed by atoms with van der Waals surface area (Å²) >= 11 is 0. The fourth-order valence-corrected chi connectivity index (χ4v) is 2.30. The molecule has 0 fully saturated rings. The van der Waals surface area contributed by atoms with Gasteiger partial charge in [-0.05, 0) is 56.5 Å². The molecule has 0 aliphatic carbocycles. The Labute approximate surface area is 132 Å². The number of nitrogens with one attached hydrogen (secondary N) is 1. The molecule has 0 saturated heterocycles. The van der Waals surface area contributed by atoms with Gasteiger partial charge in [0.15, 0.2) is 6.10 Å². The number of rotatable bonds is 5. The van der Waals surface area contributed by atoms with Gasteiger partial charge in [-0.25, -0.2) is 0 Å². The SMILES string of the molecule is Cc1ccc(CNC(=O)C(C)Oc2cc(C)cc(C)c2)cc1. The van der Waals surface area contributed by atoms with E-state index in [1.165, 1.54) is 5.56 Å². The van der Waals surface area contributed by atoms with Crippen LogP contribution in [0.15, 0.2) is 42.5 Å². The van der Waals surface area contributed by atoms with Gasteiger partial charge in [0.25, 0.3) is 5.91 Å². The monoisotopic (exact) mass is 297 g/mol. The highest BCUT2D eigenvalue weighted by molar-refractivity contribution is 5.80. The lowest BCUT2D eigenvalue weighted by Crippen LogP contribution is -2.35. The molecule has 0 aliphatic rings. The minimum Gasteiger partial charge on any atom is -0.481 e. The summed E-state index contributed by atoms with van der Waals surface area (Å²) in [5.74, 6) is 0.621. The second-order valence-corrected chi connectivity index (χ2v) is 5.79. The Morgan fingerprint density at radius 1 is 1.00 bits per heavy atom.